The molecule has 0 N–H and O–H groups in total. The first-order valence-electron chi connectivity index (χ1n) is 7.39. The summed E-state index contributed by atoms with van der Waals surface area (Å²) in [6, 6.07) is 0. The van der Waals surface area contributed by atoms with E-state index in [-0.39, 0.29) is 13.2 Å². The van der Waals surface area contributed by atoms with Crippen LogP contribution in [0.25, 0.3) is 0 Å². The van der Waals surface area contributed by atoms with Crippen molar-refractivity contribution in [1.82, 2.24) is 0 Å². The molecule has 114 valence electrons. The summed E-state index contributed by atoms with van der Waals surface area (Å²) in [6.45, 7) is 23.9. The second-order valence-corrected chi connectivity index (χ2v) is 6.53. The molecule has 0 aliphatic carbocycles. The van der Waals surface area contributed by atoms with E-state index in [0.717, 1.165) is 12.8 Å². The molecular weight excluding hydrogens is 248 g/mol. The molecule has 0 saturated carbocycles. The molecule has 0 spiro atoms. The summed E-state index contributed by atoms with van der Waals surface area (Å²) in [6.07, 6.45) is 1.66. The van der Waals surface area contributed by atoms with Crippen molar-refractivity contribution in [3.05, 3.63) is 13.8 Å². The van der Waals surface area contributed by atoms with Crippen molar-refractivity contribution in [3.63, 3.8) is 0 Å². The summed E-state index contributed by atoms with van der Waals surface area (Å²) < 4.78 is 11.3. The van der Waals surface area contributed by atoms with Crippen LogP contribution in [0.5, 0.6) is 0 Å². The van der Waals surface area contributed by atoms with E-state index in [4.69, 9.17) is 23.3 Å². The molecule has 2 heteroatoms. The highest BCUT2D eigenvalue weighted by Crippen LogP contribution is 2.24. The van der Waals surface area contributed by atoms with Crippen LogP contribution in [0.1, 0.15) is 54.4 Å². The average Bonchev–Trinajstić information content (AvgIpc) is 2.25. The van der Waals surface area contributed by atoms with Crippen LogP contribution >= 0.6 is 0 Å². The zero-order valence-electron chi connectivity index (χ0n) is 14.0. The van der Waals surface area contributed by atoms with E-state index in [0.29, 0.717) is 11.8 Å². The summed E-state index contributed by atoms with van der Waals surface area (Å²) in [5.74, 6) is 7.41. The Labute approximate surface area is 126 Å². The smallest absolute Gasteiger partial charge is 0.126 e. The summed E-state index contributed by atoms with van der Waals surface area (Å²) in [5, 5.41) is 0. The molecular formula is C18H30O2. The van der Waals surface area contributed by atoms with Gasteiger partial charge in [-0.3, -0.25) is 0 Å². The molecule has 0 fully saturated rings. The lowest BCUT2D eigenvalue weighted by Crippen LogP contribution is -2.33. The largest absolute Gasteiger partial charge is 0.362 e. The molecule has 2 nitrogen and oxygen atoms in total. The maximum Gasteiger partial charge on any atom is 0.126 e. The zero-order valence-corrected chi connectivity index (χ0v) is 14.0. The van der Waals surface area contributed by atoms with Crippen LogP contribution in [0.4, 0.5) is 0 Å². The van der Waals surface area contributed by atoms with E-state index < -0.39 is 11.2 Å². The van der Waals surface area contributed by atoms with Gasteiger partial charge >= 0.3 is 0 Å². The van der Waals surface area contributed by atoms with E-state index in [2.05, 4.69) is 39.5 Å². The summed E-state index contributed by atoms with van der Waals surface area (Å²) in [7, 11) is 0. The van der Waals surface area contributed by atoms with Gasteiger partial charge in [0, 0.05) is 0 Å². The minimum absolute atomic E-state index is 0.163. The maximum atomic E-state index is 5.64. The molecule has 4 radical (unpaired) electrons. The predicted octanol–water partition coefficient (Wildman–Crippen LogP) is 4.05. The van der Waals surface area contributed by atoms with Gasteiger partial charge in [0.15, 0.2) is 0 Å². The third-order valence-electron chi connectivity index (χ3n) is 2.99. The van der Waals surface area contributed by atoms with Gasteiger partial charge in [0.25, 0.3) is 0 Å². The van der Waals surface area contributed by atoms with Crippen molar-refractivity contribution in [3.8, 4) is 11.8 Å². The molecule has 20 heavy (non-hydrogen) atoms. The van der Waals surface area contributed by atoms with E-state index in [1.165, 1.54) is 0 Å². The molecule has 0 aromatic rings. The lowest BCUT2D eigenvalue weighted by molar-refractivity contribution is 0.00583. The van der Waals surface area contributed by atoms with Crippen molar-refractivity contribution in [1.29, 1.82) is 0 Å². The monoisotopic (exact) mass is 278 g/mol. The van der Waals surface area contributed by atoms with E-state index in [1.54, 1.807) is 0 Å². The Hall–Kier alpha value is -0.520. The Balaban J connectivity index is 5.15. The molecule has 2 unspecified atom stereocenters. The van der Waals surface area contributed by atoms with Crippen molar-refractivity contribution >= 4 is 0 Å². The third-order valence-corrected chi connectivity index (χ3v) is 2.99. The van der Waals surface area contributed by atoms with Gasteiger partial charge in [0.1, 0.15) is 11.2 Å². The Morgan fingerprint density at radius 2 is 1.10 bits per heavy atom. The van der Waals surface area contributed by atoms with Gasteiger partial charge in [-0.1, -0.05) is 39.5 Å². The third kappa shape index (κ3) is 7.92. The highest BCUT2D eigenvalue weighted by atomic mass is 16.5. The Kier molecular flexibility index (Phi) is 8.47. The minimum Gasteiger partial charge on any atom is -0.362 e. The van der Waals surface area contributed by atoms with E-state index in [9.17, 15) is 0 Å². The molecule has 0 rings (SSSR count). The quantitative estimate of drug-likeness (QED) is 0.623. The molecule has 0 saturated heterocycles. The summed E-state index contributed by atoms with van der Waals surface area (Å²) in [5.41, 5.74) is -1.09. The first-order chi connectivity index (χ1) is 9.16. The van der Waals surface area contributed by atoms with Crippen LogP contribution in [0.2, 0.25) is 0 Å². The number of rotatable bonds is 8. The second kappa shape index (κ2) is 8.70. The van der Waals surface area contributed by atoms with Crippen molar-refractivity contribution < 1.29 is 9.47 Å². The van der Waals surface area contributed by atoms with Crippen molar-refractivity contribution in [2.45, 2.75) is 65.6 Å². The fourth-order valence-electron chi connectivity index (χ4n) is 2.48. The molecule has 0 heterocycles. The molecule has 0 aromatic heterocycles. The number of hydrogen-bond acceptors (Lipinski definition) is 2. The topological polar surface area (TPSA) is 18.5 Å². The molecule has 0 aliphatic heterocycles. The van der Waals surface area contributed by atoms with Crippen molar-refractivity contribution in [2.24, 2.45) is 11.8 Å². The van der Waals surface area contributed by atoms with E-state index >= 15 is 0 Å². The highest BCUT2D eigenvalue weighted by molar-refractivity contribution is 5.21. The normalized spacial score (nSPS) is 17.5. The van der Waals surface area contributed by atoms with Crippen LogP contribution in [0, 0.1) is 37.5 Å². The number of ether oxygens (including phenoxy) is 2. The minimum atomic E-state index is -0.543. The number of hydrogen-bond donors (Lipinski definition) is 0. The predicted molar refractivity (Wildman–Crippen MR) is 84.0 cm³/mol. The standard InChI is InChI=1S/C18H30O2/c1-9-19-17(7,13-15(3)4)11-12-18(8,20-10-2)14-16(5)6/h1-2,15-16H,9-10,13-14H2,3-8H3. The van der Waals surface area contributed by atoms with Gasteiger partial charge in [-0.05, 0) is 52.4 Å². The highest BCUT2D eigenvalue weighted by Gasteiger charge is 2.27. The van der Waals surface area contributed by atoms with Gasteiger partial charge in [0.2, 0.25) is 0 Å². The van der Waals surface area contributed by atoms with Gasteiger partial charge in [-0.15, -0.1) is 0 Å². The fraction of sp³-hybridized carbons (Fsp3) is 0.778. The first-order valence-corrected chi connectivity index (χ1v) is 7.39. The molecule has 2 atom stereocenters. The lowest BCUT2D eigenvalue weighted by Gasteiger charge is -2.29. The van der Waals surface area contributed by atoms with Crippen LogP contribution in [0.15, 0.2) is 0 Å². The molecule has 0 aliphatic rings. The average molecular weight is 278 g/mol. The maximum absolute atomic E-state index is 5.64. The van der Waals surface area contributed by atoms with Crippen LogP contribution in [-0.2, 0) is 9.47 Å². The molecule has 0 aromatic carbocycles. The van der Waals surface area contributed by atoms with E-state index in [1.807, 2.05) is 13.8 Å². The summed E-state index contributed by atoms with van der Waals surface area (Å²) >= 11 is 0. The fourth-order valence-corrected chi connectivity index (χ4v) is 2.48. The zero-order chi connectivity index (χ0) is 15.8. The Morgan fingerprint density at radius 3 is 1.30 bits per heavy atom. The molecule has 0 amide bonds. The Morgan fingerprint density at radius 1 is 0.800 bits per heavy atom. The van der Waals surface area contributed by atoms with Gasteiger partial charge in [-0.25, -0.2) is 0 Å². The van der Waals surface area contributed by atoms with Crippen molar-refractivity contribution in [2.75, 3.05) is 13.2 Å². The van der Waals surface area contributed by atoms with Crippen LogP contribution in [-0.4, -0.2) is 24.4 Å². The Bertz CT molecular complexity index is 294. The summed E-state index contributed by atoms with van der Waals surface area (Å²) in [4.78, 5) is 0. The second-order valence-electron chi connectivity index (χ2n) is 6.53. The van der Waals surface area contributed by atoms with Gasteiger partial charge < -0.3 is 9.47 Å². The van der Waals surface area contributed by atoms with Gasteiger partial charge in [0.05, 0.1) is 13.2 Å². The lowest BCUT2D eigenvalue weighted by atomic mass is 9.90. The van der Waals surface area contributed by atoms with Gasteiger partial charge in [-0.2, -0.15) is 0 Å². The SMILES string of the molecule is [CH]COC(C)(C#CC(C)(CC(C)C)OC[CH])CC(C)C. The van der Waals surface area contributed by atoms with Crippen LogP contribution in [0.3, 0.4) is 0 Å². The first kappa shape index (κ1) is 19.5. The van der Waals surface area contributed by atoms with Crippen LogP contribution < -0.4 is 0 Å². The molecule has 0 bridgehead atoms.